The minimum Gasteiger partial charge on any atom is -1.00 e. The summed E-state index contributed by atoms with van der Waals surface area (Å²) in [7, 11) is 0. The predicted molar refractivity (Wildman–Crippen MR) is 96.6 cm³/mol. The van der Waals surface area contributed by atoms with Crippen molar-refractivity contribution in [3.05, 3.63) is 29.3 Å². The van der Waals surface area contributed by atoms with E-state index in [1.165, 1.54) is 51.6 Å². The number of anilines is 1. The molecule has 2 unspecified atom stereocenters. The number of hydrogen-bond acceptors (Lipinski definition) is 2. The maximum atomic E-state index is 12.5. The maximum Gasteiger partial charge on any atom is 0.412 e. The lowest BCUT2D eigenvalue weighted by Gasteiger charge is -2.38. The van der Waals surface area contributed by atoms with Gasteiger partial charge in [-0.3, -0.25) is 5.32 Å². The SMILES string of the molecule is Cc1cccc(C)c1NC(=O)OC1CCCCC1[NH+]1CCCCC1.[Cl-]. The molecular formula is C20H31ClN2O2. The smallest absolute Gasteiger partial charge is 0.412 e. The largest absolute Gasteiger partial charge is 1.00 e. The van der Waals surface area contributed by atoms with Gasteiger partial charge in [0.2, 0.25) is 0 Å². The van der Waals surface area contributed by atoms with E-state index in [0.717, 1.165) is 23.2 Å². The van der Waals surface area contributed by atoms with Gasteiger partial charge in [0.15, 0.2) is 6.10 Å². The number of likely N-dealkylation sites (tertiary alicyclic amines) is 1. The number of rotatable bonds is 3. The van der Waals surface area contributed by atoms with Gasteiger partial charge in [0.1, 0.15) is 6.04 Å². The molecule has 5 heteroatoms. The third-order valence-electron chi connectivity index (χ3n) is 5.69. The average Bonchev–Trinajstić information content (AvgIpc) is 2.60. The van der Waals surface area contributed by atoms with Crippen LogP contribution < -0.4 is 22.6 Å². The summed E-state index contributed by atoms with van der Waals surface area (Å²) in [5.41, 5.74) is 3.04. The van der Waals surface area contributed by atoms with Crippen molar-refractivity contribution in [1.82, 2.24) is 0 Å². The third kappa shape index (κ3) is 5.11. The van der Waals surface area contributed by atoms with E-state index in [0.29, 0.717) is 6.04 Å². The summed E-state index contributed by atoms with van der Waals surface area (Å²) in [5, 5.41) is 2.98. The van der Waals surface area contributed by atoms with Crippen molar-refractivity contribution >= 4 is 11.8 Å². The van der Waals surface area contributed by atoms with E-state index < -0.39 is 0 Å². The molecule has 25 heavy (non-hydrogen) atoms. The highest BCUT2D eigenvalue weighted by Gasteiger charge is 2.36. The zero-order chi connectivity index (χ0) is 16.9. The quantitative estimate of drug-likeness (QED) is 0.804. The van der Waals surface area contributed by atoms with Crippen LogP contribution in [0.2, 0.25) is 0 Å². The molecule has 4 nitrogen and oxygen atoms in total. The summed E-state index contributed by atoms with van der Waals surface area (Å²) >= 11 is 0. The Morgan fingerprint density at radius 3 is 2.36 bits per heavy atom. The summed E-state index contributed by atoms with van der Waals surface area (Å²) in [6, 6.07) is 6.54. The minimum atomic E-state index is -0.291. The molecule has 0 spiro atoms. The number of carbonyl (C=O) groups excluding carboxylic acids is 1. The number of benzene rings is 1. The Morgan fingerprint density at radius 1 is 1.04 bits per heavy atom. The first-order valence-corrected chi connectivity index (χ1v) is 9.53. The van der Waals surface area contributed by atoms with E-state index in [-0.39, 0.29) is 24.6 Å². The van der Waals surface area contributed by atoms with Crippen molar-refractivity contribution in [2.45, 2.75) is 70.9 Å². The number of para-hydroxylation sites is 1. The van der Waals surface area contributed by atoms with Gasteiger partial charge in [-0.15, -0.1) is 0 Å². The number of carbonyl (C=O) groups is 1. The van der Waals surface area contributed by atoms with Crippen LogP contribution in [0.5, 0.6) is 0 Å². The Balaban J connectivity index is 0.00000225. The van der Waals surface area contributed by atoms with Crippen LogP contribution in [0, 0.1) is 13.8 Å². The molecule has 1 aromatic carbocycles. The minimum absolute atomic E-state index is 0. The second-order valence-corrected chi connectivity index (χ2v) is 7.45. The fourth-order valence-corrected chi connectivity index (χ4v) is 4.36. The Bertz CT molecular complexity index is 553. The second-order valence-electron chi connectivity index (χ2n) is 7.45. The topological polar surface area (TPSA) is 42.8 Å². The number of aryl methyl sites for hydroxylation is 2. The summed E-state index contributed by atoms with van der Waals surface area (Å²) < 4.78 is 5.90. The number of amides is 1. The van der Waals surface area contributed by atoms with Crippen molar-refractivity contribution in [3.8, 4) is 0 Å². The highest BCUT2D eigenvalue weighted by Crippen LogP contribution is 2.23. The molecular weight excluding hydrogens is 336 g/mol. The predicted octanol–water partition coefficient (Wildman–Crippen LogP) is 0.236. The first-order chi connectivity index (χ1) is 11.6. The van der Waals surface area contributed by atoms with Crippen molar-refractivity contribution in [1.29, 1.82) is 0 Å². The van der Waals surface area contributed by atoms with E-state index in [9.17, 15) is 4.79 Å². The van der Waals surface area contributed by atoms with Crippen LogP contribution in [0.1, 0.15) is 56.1 Å². The first-order valence-electron chi connectivity index (χ1n) is 9.53. The van der Waals surface area contributed by atoms with Crippen LogP contribution in [-0.4, -0.2) is 31.3 Å². The molecule has 1 aliphatic heterocycles. The second kappa shape index (κ2) is 9.44. The molecule has 2 N–H and O–H groups in total. The molecule has 1 saturated heterocycles. The van der Waals surface area contributed by atoms with E-state index in [1.54, 1.807) is 4.90 Å². The molecule has 2 fully saturated rings. The third-order valence-corrected chi connectivity index (χ3v) is 5.69. The molecule has 1 amide bonds. The first kappa shape index (κ1) is 20.1. The van der Waals surface area contributed by atoms with Crippen LogP contribution in [0.15, 0.2) is 18.2 Å². The fourth-order valence-electron chi connectivity index (χ4n) is 4.36. The zero-order valence-electron chi connectivity index (χ0n) is 15.4. The normalized spacial score (nSPS) is 24.2. The lowest BCUT2D eigenvalue weighted by Crippen LogP contribution is -3.17. The van der Waals surface area contributed by atoms with Crippen LogP contribution in [0.3, 0.4) is 0 Å². The van der Waals surface area contributed by atoms with Gasteiger partial charge in [0.05, 0.1) is 13.1 Å². The van der Waals surface area contributed by atoms with Crippen molar-refractivity contribution in [2.24, 2.45) is 0 Å². The summed E-state index contributed by atoms with van der Waals surface area (Å²) in [6.07, 6.45) is 8.40. The molecule has 2 atom stereocenters. The Labute approximate surface area is 157 Å². The lowest BCUT2D eigenvalue weighted by molar-refractivity contribution is -0.934. The van der Waals surface area contributed by atoms with Gasteiger partial charge >= 0.3 is 6.09 Å². The molecule has 0 aromatic heterocycles. The van der Waals surface area contributed by atoms with Crippen molar-refractivity contribution in [3.63, 3.8) is 0 Å². The van der Waals surface area contributed by atoms with Gasteiger partial charge in [-0.05, 0) is 63.5 Å². The molecule has 1 heterocycles. The van der Waals surface area contributed by atoms with Gasteiger partial charge in [0, 0.05) is 12.1 Å². The maximum absolute atomic E-state index is 12.5. The number of quaternary nitrogens is 1. The summed E-state index contributed by atoms with van der Waals surface area (Å²) in [6.45, 7) is 6.51. The number of nitrogens with one attached hydrogen (secondary N) is 2. The lowest BCUT2D eigenvalue weighted by atomic mass is 9.90. The average molecular weight is 367 g/mol. The van der Waals surface area contributed by atoms with Gasteiger partial charge in [-0.25, -0.2) is 4.79 Å². The highest BCUT2D eigenvalue weighted by molar-refractivity contribution is 5.86. The van der Waals surface area contributed by atoms with Crippen LogP contribution in [0.25, 0.3) is 0 Å². The zero-order valence-corrected chi connectivity index (χ0v) is 16.2. The Kier molecular flexibility index (Phi) is 7.57. The van der Waals surface area contributed by atoms with E-state index >= 15 is 0 Å². The number of hydrogen-bond donors (Lipinski definition) is 2. The molecule has 1 saturated carbocycles. The van der Waals surface area contributed by atoms with Gasteiger partial charge in [-0.2, -0.15) is 0 Å². The molecule has 3 rings (SSSR count). The van der Waals surface area contributed by atoms with Gasteiger partial charge in [-0.1, -0.05) is 18.2 Å². The molecule has 0 bridgehead atoms. The summed E-state index contributed by atoms with van der Waals surface area (Å²) in [5.74, 6) is 0. The molecule has 1 aliphatic carbocycles. The van der Waals surface area contributed by atoms with Gasteiger partial charge < -0.3 is 22.0 Å². The number of piperidine rings is 1. The number of halogens is 1. The number of ether oxygens (including phenoxy) is 1. The van der Waals surface area contributed by atoms with Crippen molar-refractivity contribution < 1.29 is 26.8 Å². The highest BCUT2D eigenvalue weighted by atomic mass is 35.5. The standard InChI is InChI=1S/C20H30N2O2.ClH/c1-15-9-8-10-16(2)19(15)21-20(23)24-18-12-5-4-11-17(18)22-13-6-3-7-14-22;/h8-10,17-18H,3-7,11-14H2,1-2H3,(H,21,23);1H. The van der Waals surface area contributed by atoms with Gasteiger partial charge in [0.25, 0.3) is 0 Å². The monoisotopic (exact) mass is 366 g/mol. The van der Waals surface area contributed by atoms with E-state index in [2.05, 4.69) is 5.32 Å². The van der Waals surface area contributed by atoms with Crippen molar-refractivity contribution in [2.75, 3.05) is 18.4 Å². The van der Waals surface area contributed by atoms with Crippen LogP contribution in [0.4, 0.5) is 10.5 Å². The molecule has 140 valence electrons. The molecule has 2 aliphatic rings. The van der Waals surface area contributed by atoms with E-state index in [1.807, 2.05) is 32.0 Å². The Hall–Kier alpha value is -1.26. The fraction of sp³-hybridized carbons (Fsp3) is 0.650. The molecule has 0 radical (unpaired) electrons. The van der Waals surface area contributed by atoms with Crippen LogP contribution in [-0.2, 0) is 4.74 Å². The molecule has 1 aromatic rings. The summed E-state index contributed by atoms with van der Waals surface area (Å²) in [4.78, 5) is 14.1. The Morgan fingerprint density at radius 2 is 1.68 bits per heavy atom. The van der Waals surface area contributed by atoms with Crippen LogP contribution >= 0.6 is 0 Å². The van der Waals surface area contributed by atoms with E-state index in [4.69, 9.17) is 4.74 Å².